The van der Waals surface area contributed by atoms with Crippen LogP contribution in [0.1, 0.15) is 19.8 Å². The molecule has 1 heterocycles. The van der Waals surface area contributed by atoms with Gasteiger partial charge in [-0.2, -0.15) is 0 Å². The molecule has 0 aliphatic heterocycles. The predicted octanol–water partition coefficient (Wildman–Crippen LogP) is 1.59. The van der Waals surface area contributed by atoms with Gasteiger partial charge in [0.1, 0.15) is 11.6 Å². The molecule has 0 aromatic carbocycles. The Kier molecular flexibility index (Phi) is 4.40. The van der Waals surface area contributed by atoms with Crippen LogP contribution in [0.5, 0.6) is 0 Å². The van der Waals surface area contributed by atoms with Crippen molar-refractivity contribution in [2.24, 2.45) is 0 Å². The van der Waals surface area contributed by atoms with Crippen LogP contribution in [0.3, 0.4) is 0 Å². The second-order valence-electron chi connectivity index (χ2n) is 3.18. The summed E-state index contributed by atoms with van der Waals surface area (Å²) in [6.07, 6.45) is 2.02. The number of pyridine rings is 1. The van der Waals surface area contributed by atoms with Gasteiger partial charge >= 0.3 is 6.03 Å². The number of aromatic nitrogens is 1. The molecule has 0 fully saturated rings. The molecule has 0 atom stereocenters. The van der Waals surface area contributed by atoms with Crippen LogP contribution in [0.25, 0.3) is 0 Å². The highest BCUT2D eigenvalue weighted by atomic mass is 16.2. The number of hydrogen-bond acceptors (Lipinski definition) is 3. The van der Waals surface area contributed by atoms with Crippen LogP contribution in [-0.4, -0.2) is 17.6 Å². The molecule has 15 heavy (non-hydrogen) atoms. The molecule has 0 aliphatic carbocycles. The smallest absolute Gasteiger partial charge is 0.320 e. The number of rotatable bonds is 4. The van der Waals surface area contributed by atoms with Crippen molar-refractivity contribution in [3.05, 3.63) is 18.2 Å². The number of amides is 2. The number of carbonyl (C=O) groups excluding carboxylic acids is 1. The van der Waals surface area contributed by atoms with Crippen LogP contribution in [0.2, 0.25) is 0 Å². The third-order valence-electron chi connectivity index (χ3n) is 1.83. The van der Waals surface area contributed by atoms with Gasteiger partial charge < -0.3 is 11.1 Å². The van der Waals surface area contributed by atoms with Crippen molar-refractivity contribution in [3.8, 4) is 0 Å². The fourth-order valence-electron chi connectivity index (χ4n) is 1.06. The van der Waals surface area contributed by atoms with Crippen LogP contribution in [-0.2, 0) is 0 Å². The number of urea groups is 1. The third kappa shape index (κ3) is 4.30. The van der Waals surface area contributed by atoms with E-state index in [-0.39, 0.29) is 6.03 Å². The summed E-state index contributed by atoms with van der Waals surface area (Å²) in [7, 11) is 0. The van der Waals surface area contributed by atoms with Crippen molar-refractivity contribution in [3.63, 3.8) is 0 Å². The van der Waals surface area contributed by atoms with Gasteiger partial charge in [-0.3, -0.25) is 5.32 Å². The Balaban J connectivity index is 2.37. The molecule has 0 radical (unpaired) electrons. The molecule has 5 heteroatoms. The van der Waals surface area contributed by atoms with Gasteiger partial charge in [0.15, 0.2) is 0 Å². The van der Waals surface area contributed by atoms with Crippen molar-refractivity contribution in [2.45, 2.75) is 19.8 Å². The normalized spacial score (nSPS) is 9.67. The maximum atomic E-state index is 11.3. The summed E-state index contributed by atoms with van der Waals surface area (Å²) in [5.41, 5.74) is 5.47. The van der Waals surface area contributed by atoms with Gasteiger partial charge in [0.2, 0.25) is 0 Å². The third-order valence-corrected chi connectivity index (χ3v) is 1.83. The number of carbonyl (C=O) groups is 1. The standard InChI is InChI=1S/C10H16N4O/c1-2-3-7-12-10(15)14-9-6-4-5-8(11)13-9/h4-6H,2-3,7H2,1H3,(H4,11,12,13,14,15). The van der Waals surface area contributed by atoms with E-state index >= 15 is 0 Å². The van der Waals surface area contributed by atoms with Gasteiger partial charge in [-0.1, -0.05) is 19.4 Å². The number of unbranched alkanes of at least 4 members (excludes halogenated alkanes) is 1. The van der Waals surface area contributed by atoms with E-state index in [1.165, 1.54) is 0 Å². The molecule has 1 aromatic heterocycles. The number of nitrogens with one attached hydrogen (secondary N) is 2. The molecule has 5 nitrogen and oxygen atoms in total. The lowest BCUT2D eigenvalue weighted by molar-refractivity contribution is 0.252. The molecule has 0 aliphatic rings. The minimum atomic E-state index is -0.249. The monoisotopic (exact) mass is 208 g/mol. The Labute approximate surface area is 89.1 Å². The molecule has 0 unspecified atom stereocenters. The Morgan fingerprint density at radius 2 is 2.33 bits per heavy atom. The first-order valence-electron chi connectivity index (χ1n) is 4.99. The van der Waals surface area contributed by atoms with Crippen LogP contribution in [0.4, 0.5) is 16.4 Å². The quantitative estimate of drug-likeness (QED) is 0.657. The zero-order valence-corrected chi connectivity index (χ0v) is 8.79. The lowest BCUT2D eigenvalue weighted by Gasteiger charge is -2.06. The predicted molar refractivity (Wildman–Crippen MR) is 60.6 cm³/mol. The van der Waals surface area contributed by atoms with Crippen LogP contribution < -0.4 is 16.4 Å². The summed E-state index contributed by atoms with van der Waals surface area (Å²) >= 11 is 0. The zero-order valence-electron chi connectivity index (χ0n) is 8.79. The average Bonchev–Trinajstić information content (AvgIpc) is 2.18. The molecule has 0 bridgehead atoms. The van der Waals surface area contributed by atoms with Crippen molar-refractivity contribution in [2.75, 3.05) is 17.6 Å². The van der Waals surface area contributed by atoms with Crippen LogP contribution >= 0.6 is 0 Å². The average molecular weight is 208 g/mol. The van der Waals surface area contributed by atoms with Crippen molar-refractivity contribution >= 4 is 17.7 Å². The highest BCUT2D eigenvalue weighted by Crippen LogP contribution is 2.04. The number of nitrogen functional groups attached to an aromatic ring is 1. The van der Waals surface area contributed by atoms with Crippen LogP contribution in [0.15, 0.2) is 18.2 Å². The fourth-order valence-corrected chi connectivity index (χ4v) is 1.06. The van der Waals surface area contributed by atoms with Crippen molar-refractivity contribution < 1.29 is 4.79 Å². The minimum Gasteiger partial charge on any atom is -0.384 e. The molecule has 82 valence electrons. The van der Waals surface area contributed by atoms with Gasteiger partial charge in [0.25, 0.3) is 0 Å². The molecule has 0 spiro atoms. The van der Waals surface area contributed by atoms with E-state index in [0.29, 0.717) is 18.2 Å². The first-order chi connectivity index (χ1) is 7.22. The molecule has 1 rings (SSSR count). The summed E-state index contributed by atoms with van der Waals surface area (Å²) in [4.78, 5) is 15.2. The summed E-state index contributed by atoms with van der Waals surface area (Å²) in [5.74, 6) is 0.852. The van der Waals surface area contributed by atoms with E-state index in [9.17, 15) is 4.79 Å². The Morgan fingerprint density at radius 1 is 1.53 bits per heavy atom. The van der Waals surface area contributed by atoms with E-state index in [4.69, 9.17) is 5.73 Å². The second kappa shape index (κ2) is 5.85. The largest absolute Gasteiger partial charge is 0.384 e. The molecule has 0 saturated carbocycles. The number of nitrogens with two attached hydrogens (primary N) is 1. The lowest BCUT2D eigenvalue weighted by Crippen LogP contribution is -2.29. The molecule has 2 amide bonds. The van der Waals surface area contributed by atoms with Gasteiger partial charge in [-0.25, -0.2) is 9.78 Å². The van der Waals surface area contributed by atoms with Crippen LogP contribution in [0, 0.1) is 0 Å². The van der Waals surface area contributed by atoms with Gasteiger partial charge in [0, 0.05) is 6.54 Å². The summed E-state index contributed by atoms with van der Waals surface area (Å²) in [6.45, 7) is 2.74. The fraction of sp³-hybridized carbons (Fsp3) is 0.400. The van der Waals surface area contributed by atoms with Gasteiger partial charge in [-0.05, 0) is 18.6 Å². The molecular weight excluding hydrogens is 192 g/mol. The Morgan fingerprint density at radius 3 is 3.00 bits per heavy atom. The molecular formula is C10H16N4O. The Bertz CT molecular complexity index is 327. The summed E-state index contributed by atoms with van der Waals surface area (Å²) in [6, 6.07) is 4.85. The first-order valence-corrected chi connectivity index (χ1v) is 4.99. The topological polar surface area (TPSA) is 80.0 Å². The number of anilines is 2. The highest BCUT2D eigenvalue weighted by molar-refractivity contribution is 5.88. The van der Waals surface area contributed by atoms with Crippen molar-refractivity contribution in [1.82, 2.24) is 10.3 Å². The number of nitrogens with zero attached hydrogens (tertiary/aromatic N) is 1. The minimum absolute atomic E-state index is 0.249. The van der Waals surface area contributed by atoms with E-state index in [2.05, 4.69) is 22.5 Å². The molecule has 4 N–H and O–H groups in total. The van der Waals surface area contributed by atoms with E-state index in [1.54, 1.807) is 18.2 Å². The Hall–Kier alpha value is -1.78. The van der Waals surface area contributed by atoms with E-state index in [1.807, 2.05) is 0 Å². The molecule has 1 aromatic rings. The maximum absolute atomic E-state index is 11.3. The summed E-state index contributed by atoms with van der Waals surface area (Å²) < 4.78 is 0. The SMILES string of the molecule is CCCCNC(=O)Nc1cccc(N)n1. The van der Waals surface area contributed by atoms with Gasteiger partial charge in [0.05, 0.1) is 0 Å². The lowest BCUT2D eigenvalue weighted by atomic mass is 10.3. The second-order valence-corrected chi connectivity index (χ2v) is 3.18. The van der Waals surface area contributed by atoms with E-state index < -0.39 is 0 Å². The number of hydrogen-bond donors (Lipinski definition) is 3. The summed E-state index contributed by atoms with van der Waals surface area (Å²) in [5, 5.41) is 5.32. The molecule has 0 saturated heterocycles. The van der Waals surface area contributed by atoms with Crippen molar-refractivity contribution in [1.29, 1.82) is 0 Å². The van der Waals surface area contributed by atoms with E-state index in [0.717, 1.165) is 12.8 Å². The zero-order chi connectivity index (χ0) is 11.1. The van der Waals surface area contributed by atoms with Gasteiger partial charge in [-0.15, -0.1) is 0 Å². The maximum Gasteiger partial charge on any atom is 0.320 e. The highest BCUT2D eigenvalue weighted by Gasteiger charge is 2.01. The first kappa shape index (κ1) is 11.3.